The molecule has 0 aromatic carbocycles. The molecule has 3 atom stereocenters. The van der Waals surface area contributed by atoms with Gasteiger partial charge in [0.2, 0.25) is 5.91 Å². The lowest BCUT2D eigenvalue weighted by Crippen LogP contribution is -2.40. The van der Waals surface area contributed by atoms with Crippen molar-refractivity contribution in [3.63, 3.8) is 0 Å². The second-order valence-electron chi connectivity index (χ2n) is 5.79. The quantitative estimate of drug-likeness (QED) is 0.807. The van der Waals surface area contributed by atoms with Crippen molar-refractivity contribution in [1.82, 2.24) is 5.32 Å². The second kappa shape index (κ2) is 5.72. The van der Waals surface area contributed by atoms with Crippen molar-refractivity contribution in [3.05, 3.63) is 0 Å². The van der Waals surface area contributed by atoms with E-state index < -0.39 is 11.9 Å². The Bertz CT molecular complexity index is 323. The van der Waals surface area contributed by atoms with Crippen LogP contribution in [0.4, 0.5) is 0 Å². The van der Waals surface area contributed by atoms with Crippen molar-refractivity contribution >= 4 is 11.9 Å². The van der Waals surface area contributed by atoms with Crippen molar-refractivity contribution in [1.29, 1.82) is 0 Å². The van der Waals surface area contributed by atoms with Gasteiger partial charge in [0.05, 0.1) is 11.8 Å². The van der Waals surface area contributed by atoms with Crippen molar-refractivity contribution in [2.75, 3.05) is 0 Å². The number of rotatable bonds is 4. The number of carboxylic acid groups (broad SMARTS) is 1. The molecule has 2 rings (SSSR count). The van der Waals surface area contributed by atoms with Crippen LogP contribution < -0.4 is 5.32 Å². The fourth-order valence-corrected chi connectivity index (χ4v) is 3.42. The van der Waals surface area contributed by atoms with E-state index in [0.717, 1.165) is 25.7 Å². The Balaban J connectivity index is 1.96. The lowest BCUT2D eigenvalue weighted by Gasteiger charge is -2.19. The molecule has 3 unspecified atom stereocenters. The third-order valence-electron chi connectivity index (χ3n) is 4.59. The standard InChI is InChI=1S/C14H23NO3/c1-2-9-7-11(12(8-9)14(17)18)13(16)15-10-5-3-4-6-10/h9-12H,2-8H2,1H3,(H,15,16)(H,17,18). The number of carbonyl (C=O) groups is 2. The van der Waals surface area contributed by atoms with Crippen LogP contribution >= 0.6 is 0 Å². The minimum absolute atomic E-state index is 0.0229. The zero-order valence-corrected chi connectivity index (χ0v) is 11.0. The zero-order chi connectivity index (χ0) is 13.1. The minimum atomic E-state index is -0.808. The van der Waals surface area contributed by atoms with E-state index in [1.165, 1.54) is 12.8 Å². The van der Waals surface area contributed by atoms with Crippen molar-refractivity contribution in [2.45, 2.75) is 57.9 Å². The van der Waals surface area contributed by atoms with Crippen LogP contribution in [0.25, 0.3) is 0 Å². The van der Waals surface area contributed by atoms with Gasteiger partial charge in [-0.3, -0.25) is 9.59 Å². The molecule has 18 heavy (non-hydrogen) atoms. The average Bonchev–Trinajstić information content (AvgIpc) is 2.96. The smallest absolute Gasteiger partial charge is 0.307 e. The molecule has 2 N–H and O–H groups in total. The van der Waals surface area contributed by atoms with Gasteiger partial charge in [0.1, 0.15) is 0 Å². The normalized spacial score (nSPS) is 32.6. The summed E-state index contributed by atoms with van der Waals surface area (Å²) in [4.78, 5) is 23.4. The van der Waals surface area contributed by atoms with Gasteiger partial charge in [-0.25, -0.2) is 0 Å². The molecule has 0 aromatic rings. The highest BCUT2D eigenvalue weighted by molar-refractivity contribution is 5.85. The van der Waals surface area contributed by atoms with E-state index in [1.54, 1.807) is 0 Å². The molecule has 0 aromatic heterocycles. The molecule has 2 aliphatic rings. The van der Waals surface area contributed by atoms with Gasteiger partial charge in [-0.15, -0.1) is 0 Å². The molecule has 0 radical (unpaired) electrons. The summed E-state index contributed by atoms with van der Waals surface area (Å²) in [7, 11) is 0. The first-order valence-corrected chi connectivity index (χ1v) is 7.15. The zero-order valence-electron chi connectivity index (χ0n) is 11.0. The van der Waals surface area contributed by atoms with Crippen LogP contribution in [0, 0.1) is 17.8 Å². The maximum absolute atomic E-state index is 12.2. The first kappa shape index (κ1) is 13.4. The van der Waals surface area contributed by atoms with Crippen molar-refractivity contribution in [2.24, 2.45) is 17.8 Å². The highest BCUT2D eigenvalue weighted by atomic mass is 16.4. The van der Waals surface area contributed by atoms with Crippen LogP contribution in [0.15, 0.2) is 0 Å². The molecule has 0 spiro atoms. The molecule has 0 bridgehead atoms. The summed E-state index contributed by atoms with van der Waals surface area (Å²) >= 11 is 0. The maximum Gasteiger partial charge on any atom is 0.307 e. The molecule has 2 aliphatic carbocycles. The Kier molecular flexibility index (Phi) is 4.25. The van der Waals surface area contributed by atoms with Gasteiger partial charge < -0.3 is 10.4 Å². The molecule has 0 aliphatic heterocycles. The first-order chi connectivity index (χ1) is 8.61. The average molecular weight is 253 g/mol. The molecule has 4 heteroatoms. The molecule has 0 heterocycles. The van der Waals surface area contributed by atoms with Gasteiger partial charge in [-0.05, 0) is 31.6 Å². The number of carboxylic acids is 1. The lowest BCUT2D eigenvalue weighted by molar-refractivity contribution is -0.146. The summed E-state index contributed by atoms with van der Waals surface area (Å²) in [5.41, 5.74) is 0. The summed E-state index contributed by atoms with van der Waals surface area (Å²) in [5, 5.41) is 12.3. The van der Waals surface area contributed by atoms with Crippen molar-refractivity contribution < 1.29 is 14.7 Å². The van der Waals surface area contributed by atoms with Crippen molar-refractivity contribution in [3.8, 4) is 0 Å². The Morgan fingerprint density at radius 1 is 1.17 bits per heavy atom. The number of aliphatic carboxylic acids is 1. The van der Waals surface area contributed by atoms with Crippen LogP contribution in [-0.4, -0.2) is 23.0 Å². The second-order valence-corrected chi connectivity index (χ2v) is 5.79. The monoisotopic (exact) mass is 253 g/mol. The molecule has 102 valence electrons. The Labute approximate surface area is 108 Å². The minimum Gasteiger partial charge on any atom is -0.481 e. The fraction of sp³-hybridized carbons (Fsp3) is 0.857. The van der Waals surface area contributed by atoms with E-state index in [0.29, 0.717) is 12.3 Å². The van der Waals surface area contributed by atoms with Gasteiger partial charge in [0.15, 0.2) is 0 Å². The largest absolute Gasteiger partial charge is 0.481 e. The Hall–Kier alpha value is -1.06. The number of hydrogen-bond donors (Lipinski definition) is 2. The first-order valence-electron chi connectivity index (χ1n) is 7.15. The number of hydrogen-bond acceptors (Lipinski definition) is 2. The topological polar surface area (TPSA) is 66.4 Å². The SMILES string of the molecule is CCC1CC(C(=O)O)C(C(=O)NC2CCCC2)C1. The fourth-order valence-electron chi connectivity index (χ4n) is 3.42. The summed E-state index contributed by atoms with van der Waals surface area (Å²) < 4.78 is 0. The van der Waals surface area contributed by atoms with Gasteiger partial charge in [-0.2, -0.15) is 0 Å². The van der Waals surface area contributed by atoms with Crippen LogP contribution in [0.3, 0.4) is 0 Å². The molecular formula is C14H23NO3. The number of nitrogens with one attached hydrogen (secondary N) is 1. The number of carbonyl (C=O) groups excluding carboxylic acids is 1. The van der Waals surface area contributed by atoms with Gasteiger partial charge >= 0.3 is 5.97 Å². The summed E-state index contributed by atoms with van der Waals surface area (Å²) in [6.45, 7) is 2.07. The van der Waals surface area contributed by atoms with E-state index in [-0.39, 0.29) is 17.9 Å². The van der Waals surface area contributed by atoms with E-state index >= 15 is 0 Å². The summed E-state index contributed by atoms with van der Waals surface area (Å²) in [6.07, 6.45) is 6.82. The summed E-state index contributed by atoms with van der Waals surface area (Å²) in [6, 6.07) is 0.285. The predicted octanol–water partition coefficient (Wildman–Crippen LogP) is 2.18. The van der Waals surface area contributed by atoms with Crippen LogP contribution in [0.5, 0.6) is 0 Å². The van der Waals surface area contributed by atoms with Gasteiger partial charge in [0, 0.05) is 6.04 Å². The molecule has 1 amide bonds. The van der Waals surface area contributed by atoms with E-state index in [4.69, 9.17) is 0 Å². The van der Waals surface area contributed by atoms with Crippen LogP contribution in [0.2, 0.25) is 0 Å². The number of amides is 1. The van der Waals surface area contributed by atoms with Crippen LogP contribution in [-0.2, 0) is 9.59 Å². The Morgan fingerprint density at radius 3 is 2.33 bits per heavy atom. The third kappa shape index (κ3) is 2.85. The molecular weight excluding hydrogens is 230 g/mol. The maximum atomic E-state index is 12.2. The van der Waals surface area contributed by atoms with E-state index in [2.05, 4.69) is 12.2 Å². The highest BCUT2D eigenvalue weighted by Gasteiger charge is 2.42. The molecule has 0 saturated heterocycles. The predicted molar refractivity (Wildman–Crippen MR) is 68.0 cm³/mol. The summed E-state index contributed by atoms with van der Waals surface area (Å²) in [5.74, 6) is -1.22. The van der Waals surface area contributed by atoms with Gasteiger partial charge in [0.25, 0.3) is 0 Å². The third-order valence-corrected chi connectivity index (χ3v) is 4.59. The molecule has 2 saturated carbocycles. The lowest BCUT2D eigenvalue weighted by atomic mass is 9.95. The van der Waals surface area contributed by atoms with Gasteiger partial charge in [-0.1, -0.05) is 26.2 Å². The molecule has 4 nitrogen and oxygen atoms in total. The molecule has 2 fully saturated rings. The van der Waals surface area contributed by atoms with Crippen LogP contribution in [0.1, 0.15) is 51.9 Å². The highest BCUT2D eigenvalue weighted by Crippen LogP contribution is 2.38. The Morgan fingerprint density at radius 2 is 1.78 bits per heavy atom. The van der Waals surface area contributed by atoms with E-state index in [9.17, 15) is 14.7 Å². The van der Waals surface area contributed by atoms with E-state index in [1.807, 2.05) is 0 Å².